The van der Waals surface area contributed by atoms with Gasteiger partial charge in [-0.25, -0.2) is 4.39 Å². The van der Waals surface area contributed by atoms with Gasteiger partial charge in [-0.2, -0.15) is 0 Å². The molecule has 1 aromatic carbocycles. The van der Waals surface area contributed by atoms with Crippen LogP contribution < -0.4 is 0 Å². The number of fused-ring (bicyclic) bond motifs is 1. The Labute approximate surface area is 261 Å². The third-order valence-electron chi connectivity index (χ3n) is 13.8. The molecule has 2 bridgehead atoms. The molecule has 8 rings (SSSR count). The molecule has 1 saturated heterocycles. The molecule has 234 valence electrons. The second-order valence-corrected chi connectivity index (χ2v) is 16.1. The maximum atomic E-state index is 15.0. The monoisotopic (exact) mass is 609 g/mol. The lowest BCUT2D eigenvalue weighted by Crippen LogP contribution is -2.67. The van der Waals surface area contributed by atoms with Gasteiger partial charge in [0.1, 0.15) is 5.82 Å². The molecule has 0 amide bonds. The van der Waals surface area contributed by atoms with Crippen LogP contribution in [0.15, 0.2) is 42.0 Å². The molecule has 1 heterocycles. The number of ketones is 1. The average Bonchev–Trinajstić information content (AvgIpc) is 3.22. The molecule has 7 aliphatic rings. The summed E-state index contributed by atoms with van der Waals surface area (Å²) in [7, 11) is 0. The second-order valence-electron chi connectivity index (χ2n) is 15.7. The number of hydrogen-bond donors (Lipinski definition) is 2. The first-order chi connectivity index (χ1) is 20.5. The first-order valence-corrected chi connectivity index (χ1v) is 17.4. The Morgan fingerprint density at radius 1 is 0.977 bits per heavy atom. The zero-order valence-electron chi connectivity index (χ0n) is 26.0. The van der Waals surface area contributed by atoms with E-state index < -0.39 is 28.4 Å². The van der Waals surface area contributed by atoms with E-state index in [0.717, 1.165) is 57.2 Å². The summed E-state index contributed by atoms with van der Waals surface area (Å²) in [5.74, 6) is -0.158. The fraction of sp³-hybridized carbons (Fsp3) is 0.703. The third kappa shape index (κ3) is 4.27. The first-order valence-electron chi connectivity index (χ1n) is 17.0. The Balaban J connectivity index is 1.31. The van der Waals surface area contributed by atoms with E-state index in [2.05, 4.69) is 37.0 Å². The third-order valence-corrected chi connectivity index (χ3v) is 14.2. The van der Waals surface area contributed by atoms with E-state index in [4.69, 9.17) is 11.6 Å². The highest BCUT2D eigenvalue weighted by atomic mass is 35.5. The van der Waals surface area contributed by atoms with Crippen molar-refractivity contribution >= 4 is 17.4 Å². The van der Waals surface area contributed by atoms with Gasteiger partial charge in [-0.1, -0.05) is 69.0 Å². The predicted octanol–water partition coefficient (Wildman–Crippen LogP) is 7.45. The Morgan fingerprint density at radius 3 is 2.40 bits per heavy atom. The highest BCUT2D eigenvalue weighted by molar-refractivity contribution is 6.31. The molecule has 8 atom stereocenters. The highest BCUT2D eigenvalue weighted by Gasteiger charge is 2.74. The van der Waals surface area contributed by atoms with Gasteiger partial charge in [-0.15, -0.1) is 0 Å². The van der Waals surface area contributed by atoms with Crippen molar-refractivity contribution in [3.63, 3.8) is 0 Å². The van der Waals surface area contributed by atoms with Crippen LogP contribution in [0.3, 0.4) is 0 Å². The van der Waals surface area contributed by atoms with Crippen molar-refractivity contribution in [1.82, 2.24) is 4.90 Å². The maximum Gasteiger partial charge on any atom is 0.164 e. The summed E-state index contributed by atoms with van der Waals surface area (Å²) in [4.78, 5) is 17.1. The van der Waals surface area contributed by atoms with E-state index in [9.17, 15) is 19.4 Å². The van der Waals surface area contributed by atoms with E-state index in [1.165, 1.54) is 38.2 Å². The maximum absolute atomic E-state index is 15.0. The second kappa shape index (κ2) is 10.5. The number of benzene rings is 1. The minimum absolute atomic E-state index is 0.0636. The number of Topliss-reactive ketones (excluding diaryl/α,β-unsaturated/α-hetero) is 1. The van der Waals surface area contributed by atoms with Gasteiger partial charge in [0.15, 0.2) is 5.78 Å². The van der Waals surface area contributed by atoms with Gasteiger partial charge in [0.05, 0.1) is 11.7 Å². The van der Waals surface area contributed by atoms with Crippen molar-refractivity contribution in [2.75, 3.05) is 19.6 Å². The number of likely N-dealkylation sites (tertiary alicyclic amines) is 1. The summed E-state index contributed by atoms with van der Waals surface area (Å²) in [6, 6.07) is 4.61. The number of rotatable bonds is 5. The smallest absolute Gasteiger partial charge is 0.164 e. The van der Waals surface area contributed by atoms with Crippen molar-refractivity contribution in [2.45, 2.75) is 109 Å². The van der Waals surface area contributed by atoms with E-state index in [0.29, 0.717) is 13.0 Å². The van der Waals surface area contributed by atoms with Crippen LogP contribution >= 0.6 is 11.6 Å². The Morgan fingerprint density at radius 2 is 1.65 bits per heavy atom. The Bertz CT molecular complexity index is 1330. The molecule has 2 N–H and O–H groups in total. The van der Waals surface area contributed by atoms with Gasteiger partial charge < -0.3 is 15.1 Å². The molecule has 6 aliphatic carbocycles. The van der Waals surface area contributed by atoms with Crippen molar-refractivity contribution in [1.29, 1.82) is 0 Å². The van der Waals surface area contributed by atoms with Crippen LogP contribution in [-0.2, 0) is 11.2 Å². The summed E-state index contributed by atoms with van der Waals surface area (Å²) in [5.41, 5.74) is -1.09. The van der Waals surface area contributed by atoms with Gasteiger partial charge in [0, 0.05) is 45.4 Å². The number of aliphatic hydroxyl groups excluding tert-OH is 1. The number of carbonyl (C=O) groups is 1. The van der Waals surface area contributed by atoms with Crippen LogP contribution in [0.25, 0.3) is 0 Å². The molecule has 43 heavy (non-hydrogen) atoms. The van der Waals surface area contributed by atoms with E-state index >= 15 is 0 Å². The normalized spacial score (nSPS) is 44.1. The van der Waals surface area contributed by atoms with Crippen LogP contribution in [0.1, 0.15) is 96.5 Å². The fourth-order valence-electron chi connectivity index (χ4n) is 11.5. The Hall–Kier alpha value is -1.53. The molecule has 0 radical (unpaired) electrons. The molecule has 3 saturated carbocycles. The molecule has 0 aromatic heterocycles. The zero-order valence-corrected chi connectivity index (χ0v) is 26.8. The Kier molecular flexibility index (Phi) is 7.36. The van der Waals surface area contributed by atoms with Crippen molar-refractivity contribution in [2.24, 2.45) is 33.5 Å². The van der Waals surface area contributed by atoms with Crippen LogP contribution in [0, 0.1) is 39.3 Å². The summed E-state index contributed by atoms with van der Waals surface area (Å²) >= 11 is 6.44. The number of halogens is 2. The number of aliphatic hydroxyl groups is 2. The molecule has 1 aromatic rings. The topological polar surface area (TPSA) is 60.8 Å². The van der Waals surface area contributed by atoms with Crippen molar-refractivity contribution in [3.8, 4) is 0 Å². The first kappa shape index (κ1) is 30.1. The number of carbonyl (C=O) groups excluding carboxylic acids is 1. The van der Waals surface area contributed by atoms with Crippen molar-refractivity contribution < 1.29 is 19.4 Å². The molecule has 2 spiro atoms. The SMILES string of the molecule is C[C@]12CC[C@H]3[C@]4(C=C[C@@]5(C=C4C(=O)Cc4c(F)cccc4Cl)CC(O)CC[C@]35C)[C@@H]1CC[C@@]2(O)CN1CCCCCCC1. The largest absolute Gasteiger partial charge is 0.393 e. The molecule has 1 unspecified atom stereocenters. The van der Waals surface area contributed by atoms with Crippen molar-refractivity contribution in [3.05, 3.63) is 58.4 Å². The van der Waals surface area contributed by atoms with Crippen LogP contribution in [0.5, 0.6) is 0 Å². The summed E-state index contributed by atoms with van der Waals surface area (Å²) in [5, 5.41) is 23.9. The molecular formula is C37H49ClFNO3. The summed E-state index contributed by atoms with van der Waals surface area (Å²) in [6.45, 7) is 7.51. The average molecular weight is 610 g/mol. The minimum atomic E-state index is -0.816. The van der Waals surface area contributed by atoms with Gasteiger partial charge in [0.2, 0.25) is 0 Å². The number of hydrogen-bond acceptors (Lipinski definition) is 4. The van der Waals surface area contributed by atoms with Gasteiger partial charge in [0.25, 0.3) is 0 Å². The van der Waals surface area contributed by atoms with E-state index in [-0.39, 0.29) is 45.5 Å². The van der Waals surface area contributed by atoms with E-state index in [1.807, 2.05) is 0 Å². The van der Waals surface area contributed by atoms with Crippen LogP contribution in [0.2, 0.25) is 5.02 Å². The summed E-state index contributed by atoms with van der Waals surface area (Å²) in [6.07, 6.45) is 18.5. The quantitative estimate of drug-likeness (QED) is 0.341. The number of allylic oxidation sites excluding steroid dienone is 4. The number of nitrogens with zero attached hydrogens (tertiary/aromatic N) is 1. The lowest BCUT2D eigenvalue weighted by atomic mass is 9.32. The van der Waals surface area contributed by atoms with Crippen LogP contribution in [0.4, 0.5) is 4.39 Å². The van der Waals surface area contributed by atoms with E-state index in [1.54, 1.807) is 12.1 Å². The van der Waals surface area contributed by atoms with Crippen LogP contribution in [-0.4, -0.2) is 52.2 Å². The van der Waals surface area contributed by atoms with Gasteiger partial charge >= 0.3 is 0 Å². The lowest BCUT2D eigenvalue weighted by molar-refractivity contribution is -0.179. The fourth-order valence-corrected chi connectivity index (χ4v) is 11.7. The molecule has 4 nitrogen and oxygen atoms in total. The zero-order chi connectivity index (χ0) is 30.3. The minimum Gasteiger partial charge on any atom is -0.393 e. The summed E-state index contributed by atoms with van der Waals surface area (Å²) < 4.78 is 15.0. The molecule has 1 aliphatic heterocycles. The standard InChI is InChI=1S/C37H49ClFNO3/c1-33-14-11-25(41)22-35(33)17-18-37(27(23-35)30(42)21-26-28(38)9-8-10-29(26)39)31(33)12-15-34(2)32(37)13-16-36(34,43)24-40-19-6-4-3-5-7-20-40/h8-10,17-18,23,25,31-32,41,43H,3-7,11-16,19-22,24H2,1-2H3/t25?,31-,32-,33-,34+,35+,36-,37-/m1/s1. The van der Waals surface area contributed by atoms with Gasteiger partial charge in [-0.3, -0.25) is 4.79 Å². The van der Waals surface area contributed by atoms with Gasteiger partial charge in [-0.05, 0) is 100 Å². The molecule has 6 heteroatoms. The lowest BCUT2D eigenvalue weighted by Gasteiger charge is -2.71. The predicted molar refractivity (Wildman–Crippen MR) is 168 cm³/mol. The number of β-amino-alcohol motifs (C(OH)–C–C–N with tert-alkyl or cyclic N) is 1. The molecular weight excluding hydrogens is 561 g/mol. The molecule has 4 fully saturated rings. The highest BCUT2D eigenvalue weighted by Crippen LogP contribution is 2.78.